The van der Waals surface area contributed by atoms with E-state index < -0.39 is 0 Å². The van der Waals surface area contributed by atoms with Gasteiger partial charge in [0.15, 0.2) is 0 Å². The monoisotopic (exact) mass is 232 g/mol. The number of nitrogens with one attached hydrogen (secondary N) is 2. The molecule has 2 aromatic rings. The highest BCUT2D eigenvalue weighted by molar-refractivity contribution is 5.96. The van der Waals surface area contributed by atoms with Gasteiger partial charge < -0.3 is 20.5 Å². The van der Waals surface area contributed by atoms with Crippen molar-refractivity contribution in [3.8, 4) is 11.5 Å². The first-order chi connectivity index (χ1) is 8.16. The molecule has 0 radical (unpaired) electrons. The fourth-order valence-corrected chi connectivity index (χ4v) is 1.46. The van der Waals surface area contributed by atoms with Crippen LogP contribution in [-0.2, 0) is 6.54 Å². The van der Waals surface area contributed by atoms with Gasteiger partial charge in [-0.25, -0.2) is 0 Å². The average molecular weight is 232 g/mol. The zero-order chi connectivity index (χ0) is 12.3. The lowest BCUT2D eigenvalue weighted by atomic mass is 10.1. The summed E-state index contributed by atoms with van der Waals surface area (Å²) in [6, 6.07) is 5.70. The molecule has 4 N–H and O–H groups in total. The number of rotatable bonds is 3. The van der Waals surface area contributed by atoms with E-state index in [1.165, 1.54) is 12.1 Å². The molecule has 0 aliphatic rings. The first-order valence-electron chi connectivity index (χ1n) is 5.08. The number of carbonyl (C=O) groups is 1. The number of phenols is 2. The van der Waals surface area contributed by atoms with Crippen LogP contribution in [0.25, 0.3) is 0 Å². The van der Waals surface area contributed by atoms with Crippen molar-refractivity contribution in [1.29, 1.82) is 0 Å². The molecule has 88 valence electrons. The van der Waals surface area contributed by atoms with Crippen LogP contribution in [0.4, 0.5) is 0 Å². The maximum Gasteiger partial charge on any atom is 0.255 e. The van der Waals surface area contributed by atoms with Crippen molar-refractivity contribution in [2.45, 2.75) is 6.54 Å². The predicted octanol–water partition coefficient (Wildman–Crippen LogP) is 1.36. The van der Waals surface area contributed by atoms with Crippen molar-refractivity contribution < 1.29 is 15.0 Å². The number of benzene rings is 1. The molecule has 0 unspecified atom stereocenters. The number of aromatic hydroxyl groups is 2. The second-order valence-electron chi connectivity index (χ2n) is 3.60. The molecule has 0 saturated heterocycles. The van der Waals surface area contributed by atoms with Crippen molar-refractivity contribution in [3.05, 3.63) is 47.8 Å². The van der Waals surface area contributed by atoms with Crippen molar-refractivity contribution in [3.63, 3.8) is 0 Å². The summed E-state index contributed by atoms with van der Waals surface area (Å²) in [5.41, 5.74) is 1.08. The predicted molar refractivity (Wildman–Crippen MR) is 61.7 cm³/mol. The van der Waals surface area contributed by atoms with Crippen LogP contribution < -0.4 is 5.32 Å². The molecule has 1 aromatic carbocycles. The smallest absolute Gasteiger partial charge is 0.255 e. The highest BCUT2D eigenvalue weighted by Gasteiger charge is 2.11. The Morgan fingerprint density at radius 2 is 2.12 bits per heavy atom. The van der Waals surface area contributed by atoms with E-state index in [1.807, 2.05) is 6.07 Å². The van der Waals surface area contributed by atoms with Crippen LogP contribution in [0.2, 0.25) is 0 Å². The third kappa shape index (κ3) is 2.57. The Hall–Kier alpha value is -2.43. The van der Waals surface area contributed by atoms with E-state index in [4.69, 9.17) is 5.11 Å². The molecule has 5 heteroatoms. The van der Waals surface area contributed by atoms with Crippen LogP contribution in [0.15, 0.2) is 36.7 Å². The lowest BCUT2D eigenvalue weighted by Gasteiger charge is -2.06. The van der Waals surface area contributed by atoms with Crippen molar-refractivity contribution in [1.82, 2.24) is 10.3 Å². The van der Waals surface area contributed by atoms with Gasteiger partial charge in [0.25, 0.3) is 5.91 Å². The minimum atomic E-state index is -0.385. The number of hydrogen-bond donors (Lipinski definition) is 4. The van der Waals surface area contributed by atoms with Crippen LogP contribution in [0.3, 0.4) is 0 Å². The van der Waals surface area contributed by atoms with E-state index in [1.54, 1.807) is 12.4 Å². The molecular formula is C12H12N2O3. The minimum Gasteiger partial charge on any atom is -0.508 e. The standard InChI is InChI=1S/C12H12N2O3/c15-9-1-2-10(11(16)5-9)12(17)14-7-8-3-4-13-6-8/h1-6,13,15-16H,7H2,(H,14,17). The van der Waals surface area contributed by atoms with Gasteiger partial charge in [-0.1, -0.05) is 0 Å². The Balaban J connectivity index is 2.04. The van der Waals surface area contributed by atoms with Gasteiger partial charge in [0.05, 0.1) is 5.56 Å². The number of amides is 1. The molecule has 1 heterocycles. The minimum absolute atomic E-state index is 0.0790. The number of carbonyl (C=O) groups excluding carboxylic acids is 1. The van der Waals surface area contributed by atoms with Gasteiger partial charge in [-0.15, -0.1) is 0 Å². The molecule has 17 heavy (non-hydrogen) atoms. The molecule has 0 fully saturated rings. The van der Waals surface area contributed by atoms with E-state index in [0.29, 0.717) is 6.54 Å². The van der Waals surface area contributed by atoms with Crippen LogP contribution in [0.5, 0.6) is 11.5 Å². The van der Waals surface area contributed by atoms with Crippen molar-refractivity contribution in [2.24, 2.45) is 0 Å². The Kier molecular flexibility index (Phi) is 3.00. The molecular weight excluding hydrogens is 220 g/mol. The van der Waals surface area contributed by atoms with Crippen LogP contribution in [-0.4, -0.2) is 21.1 Å². The molecule has 0 bridgehead atoms. The summed E-state index contributed by atoms with van der Waals surface area (Å²) in [4.78, 5) is 14.6. The average Bonchev–Trinajstić information content (AvgIpc) is 2.78. The van der Waals surface area contributed by atoms with Crippen LogP contribution in [0.1, 0.15) is 15.9 Å². The molecule has 1 amide bonds. The van der Waals surface area contributed by atoms with Gasteiger partial charge in [-0.2, -0.15) is 0 Å². The lowest BCUT2D eigenvalue weighted by molar-refractivity contribution is 0.0948. The van der Waals surface area contributed by atoms with Crippen molar-refractivity contribution in [2.75, 3.05) is 0 Å². The SMILES string of the molecule is O=C(NCc1cc[nH]c1)c1ccc(O)cc1O. The maximum atomic E-state index is 11.7. The largest absolute Gasteiger partial charge is 0.508 e. The topological polar surface area (TPSA) is 85.4 Å². The fraction of sp³-hybridized carbons (Fsp3) is 0.0833. The Morgan fingerprint density at radius 1 is 1.29 bits per heavy atom. The Morgan fingerprint density at radius 3 is 2.76 bits per heavy atom. The third-order valence-electron chi connectivity index (χ3n) is 2.34. The molecule has 2 rings (SSSR count). The van der Waals surface area contributed by atoms with E-state index in [0.717, 1.165) is 11.6 Å². The number of H-pyrrole nitrogens is 1. The highest BCUT2D eigenvalue weighted by Crippen LogP contribution is 2.22. The second kappa shape index (κ2) is 4.61. The van der Waals surface area contributed by atoms with E-state index in [2.05, 4.69) is 10.3 Å². The first kappa shape index (κ1) is 11.1. The fourth-order valence-electron chi connectivity index (χ4n) is 1.46. The highest BCUT2D eigenvalue weighted by atomic mass is 16.3. The van der Waals surface area contributed by atoms with Gasteiger partial charge in [0, 0.05) is 25.0 Å². The maximum absolute atomic E-state index is 11.7. The molecule has 1 aromatic heterocycles. The van der Waals surface area contributed by atoms with Gasteiger partial charge in [-0.05, 0) is 23.8 Å². The van der Waals surface area contributed by atoms with E-state index in [-0.39, 0.29) is 23.0 Å². The second-order valence-corrected chi connectivity index (χ2v) is 3.60. The molecule has 0 atom stereocenters. The Bertz CT molecular complexity index is 521. The van der Waals surface area contributed by atoms with E-state index in [9.17, 15) is 9.90 Å². The molecule has 0 aliphatic heterocycles. The number of aromatic nitrogens is 1. The quantitative estimate of drug-likeness (QED) is 0.644. The van der Waals surface area contributed by atoms with Gasteiger partial charge in [-0.3, -0.25) is 4.79 Å². The molecule has 0 aliphatic carbocycles. The number of aromatic amines is 1. The third-order valence-corrected chi connectivity index (χ3v) is 2.34. The van der Waals surface area contributed by atoms with Crippen molar-refractivity contribution >= 4 is 5.91 Å². The summed E-state index contributed by atoms with van der Waals surface area (Å²) < 4.78 is 0. The summed E-state index contributed by atoms with van der Waals surface area (Å²) in [7, 11) is 0. The Labute approximate surface area is 97.7 Å². The number of phenolic OH excluding ortho intramolecular Hbond substituents is 2. The van der Waals surface area contributed by atoms with Crippen LogP contribution >= 0.6 is 0 Å². The summed E-state index contributed by atoms with van der Waals surface area (Å²) in [6.07, 6.45) is 3.54. The van der Waals surface area contributed by atoms with E-state index >= 15 is 0 Å². The van der Waals surface area contributed by atoms with Crippen LogP contribution in [0, 0.1) is 0 Å². The normalized spacial score (nSPS) is 10.1. The summed E-state index contributed by atoms with van der Waals surface area (Å²) in [6.45, 7) is 0.378. The summed E-state index contributed by atoms with van der Waals surface area (Å²) in [5.74, 6) is -0.704. The molecule has 0 saturated carbocycles. The zero-order valence-electron chi connectivity index (χ0n) is 8.97. The number of hydrogen-bond acceptors (Lipinski definition) is 3. The summed E-state index contributed by atoms with van der Waals surface area (Å²) in [5, 5.41) is 21.3. The molecule has 5 nitrogen and oxygen atoms in total. The van der Waals surface area contributed by atoms with Gasteiger partial charge >= 0.3 is 0 Å². The van der Waals surface area contributed by atoms with Gasteiger partial charge in [0.2, 0.25) is 0 Å². The summed E-state index contributed by atoms with van der Waals surface area (Å²) >= 11 is 0. The first-order valence-corrected chi connectivity index (χ1v) is 5.08. The lowest BCUT2D eigenvalue weighted by Crippen LogP contribution is -2.22. The zero-order valence-corrected chi connectivity index (χ0v) is 8.97. The molecule has 0 spiro atoms. The van der Waals surface area contributed by atoms with Gasteiger partial charge in [0.1, 0.15) is 11.5 Å².